The fraction of sp³-hybridized carbons (Fsp3) is 0.238. The Kier molecular flexibility index (Phi) is 6.44. The van der Waals surface area contributed by atoms with Crippen molar-refractivity contribution in [3.8, 4) is 17.0 Å². The number of nitrogens with two attached hydrogens (primary N) is 1. The first-order valence-electron chi connectivity index (χ1n) is 8.97. The number of carbonyl (C=O) groups is 1. The topological polar surface area (TPSA) is 77.2 Å². The number of hydrogen-bond donors (Lipinski definition) is 2. The van der Waals surface area contributed by atoms with Crippen LogP contribution in [0.1, 0.15) is 25.3 Å². The molecule has 6 heteroatoms. The van der Waals surface area contributed by atoms with E-state index in [0.29, 0.717) is 36.0 Å². The fourth-order valence-electron chi connectivity index (χ4n) is 2.58. The molecule has 0 spiro atoms. The van der Waals surface area contributed by atoms with Crippen LogP contribution in [0.4, 0.5) is 10.8 Å². The molecule has 3 aromatic rings. The van der Waals surface area contributed by atoms with E-state index in [9.17, 15) is 4.79 Å². The molecule has 0 aliphatic heterocycles. The molecule has 1 amide bonds. The Balaban J connectivity index is 1.45. The highest BCUT2D eigenvalue weighted by atomic mass is 32.1. The number of hydrogen-bond acceptors (Lipinski definition) is 5. The summed E-state index contributed by atoms with van der Waals surface area (Å²) in [5, 5.41) is 5.42. The zero-order valence-corrected chi connectivity index (χ0v) is 16.1. The number of rotatable bonds is 8. The van der Waals surface area contributed by atoms with Crippen LogP contribution in [0.25, 0.3) is 11.3 Å². The van der Waals surface area contributed by atoms with Gasteiger partial charge in [-0.3, -0.25) is 4.79 Å². The summed E-state index contributed by atoms with van der Waals surface area (Å²) in [6.07, 6.45) is 1.99. The third-order valence-corrected chi connectivity index (χ3v) is 4.89. The van der Waals surface area contributed by atoms with Crippen LogP contribution < -0.4 is 15.8 Å². The van der Waals surface area contributed by atoms with E-state index in [1.54, 1.807) is 6.07 Å². The van der Waals surface area contributed by atoms with Gasteiger partial charge in [0.15, 0.2) is 5.13 Å². The van der Waals surface area contributed by atoms with Crippen LogP contribution in [-0.2, 0) is 11.2 Å². The van der Waals surface area contributed by atoms with E-state index < -0.39 is 0 Å². The van der Waals surface area contributed by atoms with Crippen molar-refractivity contribution >= 4 is 28.1 Å². The molecule has 0 aliphatic rings. The van der Waals surface area contributed by atoms with Gasteiger partial charge in [-0.1, -0.05) is 43.3 Å². The van der Waals surface area contributed by atoms with Crippen molar-refractivity contribution in [2.24, 2.45) is 0 Å². The van der Waals surface area contributed by atoms with Gasteiger partial charge >= 0.3 is 0 Å². The van der Waals surface area contributed by atoms with E-state index >= 15 is 0 Å². The molecule has 0 radical (unpaired) electrons. The Bertz CT molecular complexity index is 890. The van der Waals surface area contributed by atoms with Gasteiger partial charge in [0, 0.05) is 17.4 Å². The standard InChI is InChI=1S/C21H23N3O2S/c1-2-15-9-11-16(12-10-15)18-14-27-21(23-18)24-20(25)8-5-13-26-19-7-4-3-6-17(19)22/h3-4,6-7,9-12,14H,2,5,8,13,22H2,1H3,(H,23,24,25). The Morgan fingerprint density at radius 3 is 2.70 bits per heavy atom. The van der Waals surface area contributed by atoms with Crippen LogP contribution in [0.5, 0.6) is 5.75 Å². The second kappa shape index (κ2) is 9.19. The lowest BCUT2D eigenvalue weighted by Gasteiger charge is -2.08. The van der Waals surface area contributed by atoms with Gasteiger partial charge in [0.25, 0.3) is 0 Å². The number of para-hydroxylation sites is 2. The molecule has 0 saturated carbocycles. The summed E-state index contributed by atoms with van der Waals surface area (Å²) in [4.78, 5) is 16.6. The van der Waals surface area contributed by atoms with Crippen molar-refractivity contribution < 1.29 is 9.53 Å². The molecule has 0 fully saturated rings. The predicted octanol–water partition coefficient (Wildman–Crippen LogP) is 4.75. The fourth-order valence-corrected chi connectivity index (χ4v) is 3.32. The second-order valence-electron chi connectivity index (χ2n) is 6.13. The van der Waals surface area contributed by atoms with E-state index in [1.165, 1.54) is 16.9 Å². The Morgan fingerprint density at radius 2 is 1.96 bits per heavy atom. The molecule has 0 unspecified atom stereocenters. The van der Waals surface area contributed by atoms with E-state index in [0.717, 1.165) is 17.7 Å². The minimum absolute atomic E-state index is 0.0677. The number of anilines is 2. The molecule has 0 bridgehead atoms. The second-order valence-corrected chi connectivity index (χ2v) is 6.98. The quantitative estimate of drug-likeness (QED) is 0.436. The van der Waals surface area contributed by atoms with Crippen molar-refractivity contribution in [2.45, 2.75) is 26.2 Å². The number of carbonyl (C=O) groups excluding carboxylic acids is 1. The molecular weight excluding hydrogens is 358 g/mol. The van der Waals surface area contributed by atoms with Crippen LogP contribution in [0.2, 0.25) is 0 Å². The Morgan fingerprint density at radius 1 is 1.19 bits per heavy atom. The first kappa shape index (κ1) is 18.9. The summed E-state index contributed by atoms with van der Waals surface area (Å²) < 4.78 is 5.60. The average Bonchev–Trinajstić information content (AvgIpc) is 3.15. The van der Waals surface area contributed by atoms with Crippen molar-refractivity contribution in [1.82, 2.24) is 4.98 Å². The molecule has 3 rings (SSSR count). The highest BCUT2D eigenvalue weighted by molar-refractivity contribution is 7.14. The maximum absolute atomic E-state index is 12.1. The molecule has 0 saturated heterocycles. The van der Waals surface area contributed by atoms with Crippen LogP contribution >= 0.6 is 11.3 Å². The van der Waals surface area contributed by atoms with Gasteiger partial charge in [0.05, 0.1) is 18.0 Å². The number of aryl methyl sites for hydroxylation is 1. The van der Waals surface area contributed by atoms with Gasteiger partial charge in [-0.15, -0.1) is 11.3 Å². The third kappa shape index (κ3) is 5.31. The zero-order valence-electron chi connectivity index (χ0n) is 15.3. The van der Waals surface area contributed by atoms with Crippen LogP contribution in [0, 0.1) is 0 Å². The average molecular weight is 382 g/mol. The molecular formula is C21H23N3O2S. The highest BCUT2D eigenvalue weighted by Gasteiger charge is 2.08. The minimum atomic E-state index is -0.0677. The first-order chi connectivity index (χ1) is 13.2. The lowest BCUT2D eigenvalue weighted by Crippen LogP contribution is -2.12. The van der Waals surface area contributed by atoms with Gasteiger partial charge in [0.1, 0.15) is 5.75 Å². The summed E-state index contributed by atoms with van der Waals surface area (Å²) in [5.41, 5.74) is 9.64. The van der Waals surface area contributed by atoms with E-state index in [-0.39, 0.29) is 5.91 Å². The van der Waals surface area contributed by atoms with Crippen molar-refractivity contribution in [2.75, 3.05) is 17.7 Å². The van der Waals surface area contributed by atoms with Crippen molar-refractivity contribution in [1.29, 1.82) is 0 Å². The van der Waals surface area contributed by atoms with Crippen LogP contribution in [0.15, 0.2) is 53.9 Å². The van der Waals surface area contributed by atoms with E-state index in [1.807, 2.05) is 23.6 Å². The van der Waals surface area contributed by atoms with E-state index in [4.69, 9.17) is 10.5 Å². The van der Waals surface area contributed by atoms with Gasteiger partial charge in [-0.2, -0.15) is 0 Å². The van der Waals surface area contributed by atoms with Gasteiger partial charge in [-0.05, 0) is 30.5 Å². The molecule has 0 aliphatic carbocycles. The monoisotopic (exact) mass is 381 g/mol. The van der Waals surface area contributed by atoms with Crippen molar-refractivity contribution in [3.05, 3.63) is 59.5 Å². The lowest BCUT2D eigenvalue weighted by molar-refractivity contribution is -0.116. The smallest absolute Gasteiger partial charge is 0.226 e. The van der Waals surface area contributed by atoms with Crippen LogP contribution in [0.3, 0.4) is 0 Å². The molecule has 140 valence electrons. The van der Waals surface area contributed by atoms with E-state index in [2.05, 4.69) is 41.5 Å². The molecule has 1 heterocycles. The maximum atomic E-state index is 12.1. The van der Waals surface area contributed by atoms with Crippen molar-refractivity contribution in [3.63, 3.8) is 0 Å². The van der Waals surface area contributed by atoms with Gasteiger partial charge < -0.3 is 15.8 Å². The number of benzene rings is 2. The molecule has 5 nitrogen and oxygen atoms in total. The Hall–Kier alpha value is -2.86. The largest absolute Gasteiger partial charge is 0.491 e. The first-order valence-corrected chi connectivity index (χ1v) is 9.85. The number of thiazole rings is 1. The lowest BCUT2D eigenvalue weighted by atomic mass is 10.1. The van der Waals surface area contributed by atoms with Gasteiger partial charge in [-0.25, -0.2) is 4.98 Å². The molecule has 2 aromatic carbocycles. The predicted molar refractivity (Wildman–Crippen MR) is 111 cm³/mol. The molecule has 27 heavy (non-hydrogen) atoms. The summed E-state index contributed by atoms with van der Waals surface area (Å²) in [7, 11) is 0. The summed E-state index contributed by atoms with van der Waals surface area (Å²) >= 11 is 1.43. The van der Waals surface area contributed by atoms with Crippen LogP contribution in [-0.4, -0.2) is 17.5 Å². The molecule has 0 atom stereocenters. The number of ether oxygens (including phenoxy) is 1. The molecule has 1 aromatic heterocycles. The number of nitrogens with zero attached hydrogens (tertiary/aromatic N) is 1. The normalized spacial score (nSPS) is 10.6. The number of aromatic nitrogens is 1. The zero-order chi connectivity index (χ0) is 19.1. The number of amides is 1. The van der Waals surface area contributed by atoms with Gasteiger partial charge in [0.2, 0.25) is 5.91 Å². The number of nitrogens with one attached hydrogen (secondary N) is 1. The maximum Gasteiger partial charge on any atom is 0.226 e. The Labute approximate surface area is 163 Å². The molecule has 3 N–H and O–H groups in total. The highest BCUT2D eigenvalue weighted by Crippen LogP contribution is 2.25. The SMILES string of the molecule is CCc1ccc(-c2csc(NC(=O)CCCOc3ccccc3N)n2)cc1. The minimum Gasteiger partial charge on any atom is -0.491 e. The summed E-state index contributed by atoms with van der Waals surface area (Å²) in [6.45, 7) is 2.57. The number of nitrogen functional groups attached to an aromatic ring is 1. The summed E-state index contributed by atoms with van der Waals surface area (Å²) in [5.74, 6) is 0.582. The third-order valence-electron chi connectivity index (χ3n) is 4.13. The summed E-state index contributed by atoms with van der Waals surface area (Å²) in [6, 6.07) is 15.7.